The highest BCUT2D eigenvalue weighted by molar-refractivity contribution is 7.09. The summed E-state index contributed by atoms with van der Waals surface area (Å²) < 4.78 is 0. The fourth-order valence-electron chi connectivity index (χ4n) is 1.67. The van der Waals surface area contributed by atoms with Crippen molar-refractivity contribution in [1.29, 1.82) is 0 Å². The lowest BCUT2D eigenvalue weighted by atomic mass is 10.2. The number of aromatic nitrogens is 1. The van der Waals surface area contributed by atoms with Crippen LogP contribution in [0.3, 0.4) is 0 Å². The summed E-state index contributed by atoms with van der Waals surface area (Å²) >= 11 is 1.58. The lowest BCUT2D eigenvalue weighted by Gasteiger charge is -2.23. The van der Waals surface area contributed by atoms with Gasteiger partial charge in [-0.25, -0.2) is 9.78 Å². The number of hydrogen-bond donors (Lipinski definition) is 2. The third kappa shape index (κ3) is 5.16. The van der Waals surface area contributed by atoms with Crippen LogP contribution in [-0.4, -0.2) is 46.6 Å². The van der Waals surface area contributed by atoms with Crippen LogP contribution in [0.2, 0.25) is 0 Å². The van der Waals surface area contributed by atoms with E-state index in [1.807, 2.05) is 19.2 Å². The Bertz CT molecular complexity index is 461. The maximum absolute atomic E-state index is 11.9. The van der Waals surface area contributed by atoms with Crippen molar-refractivity contribution in [2.45, 2.75) is 27.2 Å². The molecule has 7 heteroatoms. The summed E-state index contributed by atoms with van der Waals surface area (Å²) in [6.45, 7) is 6.57. The summed E-state index contributed by atoms with van der Waals surface area (Å²) in [6.07, 6.45) is 0.691. The highest BCUT2D eigenvalue weighted by Gasteiger charge is 2.18. The number of carboxylic acids is 1. The molecule has 1 unspecified atom stereocenters. The Labute approximate surface area is 122 Å². The second-order valence-electron chi connectivity index (χ2n) is 4.64. The van der Waals surface area contributed by atoms with Crippen molar-refractivity contribution in [3.63, 3.8) is 0 Å². The van der Waals surface area contributed by atoms with Gasteiger partial charge in [-0.3, -0.25) is 4.79 Å². The van der Waals surface area contributed by atoms with Crippen molar-refractivity contribution >= 4 is 23.3 Å². The minimum atomic E-state index is -0.894. The molecule has 0 bridgehead atoms. The molecular formula is C13H21N3O3S. The molecule has 1 aromatic heterocycles. The summed E-state index contributed by atoms with van der Waals surface area (Å²) in [5.41, 5.74) is 0.988. The van der Waals surface area contributed by atoms with Crippen molar-refractivity contribution in [3.05, 3.63) is 16.1 Å². The van der Waals surface area contributed by atoms with Gasteiger partial charge in [0.05, 0.1) is 10.9 Å². The van der Waals surface area contributed by atoms with Crippen molar-refractivity contribution in [1.82, 2.24) is 15.2 Å². The van der Waals surface area contributed by atoms with E-state index in [-0.39, 0.29) is 12.6 Å². The molecular weight excluding hydrogens is 278 g/mol. The first-order chi connectivity index (χ1) is 9.43. The first kappa shape index (κ1) is 16.4. The van der Waals surface area contributed by atoms with E-state index < -0.39 is 11.9 Å². The van der Waals surface area contributed by atoms with Crippen LogP contribution < -0.4 is 5.32 Å². The Morgan fingerprint density at radius 1 is 1.55 bits per heavy atom. The maximum Gasteiger partial charge on any atom is 0.317 e. The van der Waals surface area contributed by atoms with Gasteiger partial charge < -0.3 is 15.3 Å². The highest BCUT2D eigenvalue weighted by atomic mass is 32.1. The fraction of sp³-hybridized carbons (Fsp3) is 0.615. The monoisotopic (exact) mass is 299 g/mol. The van der Waals surface area contributed by atoms with Gasteiger partial charge in [-0.15, -0.1) is 11.3 Å². The number of nitrogens with zero attached hydrogens (tertiary/aromatic N) is 2. The molecule has 0 saturated carbocycles. The van der Waals surface area contributed by atoms with Crippen LogP contribution in [0, 0.1) is 12.8 Å². The molecule has 2 amide bonds. The zero-order chi connectivity index (χ0) is 15.1. The normalized spacial score (nSPS) is 11.9. The number of thiazole rings is 1. The minimum Gasteiger partial charge on any atom is -0.481 e. The molecule has 0 aliphatic carbocycles. The lowest BCUT2D eigenvalue weighted by Crippen LogP contribution is -2.43. The predicted octanol–water partition coefficient (Wildman–Crippen LogP) is 1.75. The van der Waals surface area contributed by atoms with Gasteiger partial charge in [0.1, 0.15) is 0 Å². The zero-order valence-corrected chi connectivity index (χ0v) is 12.9. The molecule has 20 heavy (non-hydrogen) atoms. The Kier molecular flexibility index (Phi) is 6.44. The summed E-state index contributed by atoms with van der Waals surface area (Å²) in [7, 11) is 0. The predicted molar refractivity (Wildman–Crippen MR) is 78.0 cm³/mol. The van der Waals surface area contributed by atoms with E-state index in [0.717, 1.165) is 10.7 Å². The average Bonchev–Trinajstić information content (AvgIpc) is 2.81. The number of amides is 2. The number of hydrogen-bond acceptors (Lipinski definition) is 4. The van der Waals surface area contributed by atoms with E-state index >= 15 is 0 Å². The first-order valence-electron chi connectivity index (χ1n) is 6.60. The van der Waals surface area contributed by atoms with Crippen LogP contribution in [-0.2, 0) is 11.2 Å². The van der Waals surface area contributed by atoms with Crippen molar-refractivity contribution < 1.29 is 14.7 Å². The topological polar surface area (TPSA) is 82.5 Å². The molecule has 0 radical (unpaired) electrons. The van der Waals surface area contributed by atoms with Gasteiger partial charge in [0.25, 0.3) is 0 Å². The third-order valence-electron chi connectivity index (χ3n) is 2.87. The Hall–Kier alpha value is -1.63. The van der Waals surface area contributed by atoms with Crippen LogP contribution in [0.4, 0.5) is 4.79 Å². The van der Waals surface area contributed by atoms with Crippen molar-refractivity contribution in [2.24, 2.45) is 5.92 Å². The number of carbonyl (C=O) groups excluding carboxylic acids is 1. The van der Waals surface area contributed by atoms with E-state index in [4.69, 9.17) is 5.11 Å². The van der Waals surface area contributed by atoms with Crippen LogP contribution in [0.1, 0.15) is 24.5 Å². The van der Waals surface area contributed by atoms with Gasteiger partial charge in [0.15, 0.2) is 0 Å². The smallest absolute Gasteiger partial charge is 0.317 e. The first-order valence-corrected chi connectivity index (χ1v) is 7.48. The second-order valence-corrected chi connectivity index (χ2v) is 5.59. The van der Waals surface area contributed by atoms with E-state index in [1.165, 1.54) is 4.90 Å². The quantitative estimate of drug-likeness (QED) is 0.803. The maximum atomic E-state index is 11.9. The number of urea groups is 1. The number of aliphatic carboxylic acids is 1. The van der Waals surface area contributed by atoms with Crippen LogP contribution >= 0.6 is 11.3 Å². The summed E-state index contributed by atoms with van der Waals surface area (Å²) in [5.74, 6) is -1.46. The van der Waals surface area contributed by atoms with Crippen LogP contribution in [0.25, 0.3) is 0 Å². The molecule has 0 saturated heterocycles. The number of rotatable bonds is 7. The van der Waals surface area contributed by atoms with Crippen molar-refractivity contribution in [3.8, 4) is 0 Å². The van der Waals surface area contributed by atoms with E-state index in [2.05, 4.69) is 10.3 Å². The summed E-state index contributed by atoms with van der Waals surface area (Å²) in [6, 6.07) is -0.228. The molecule has 1 heterocycles. The second kappa shape index (κ2) is 7.84. The molecule has 0 aliphatic heterocycles. The molecule has 2 N–H and O–H groups in total. The number of carboxylic acid groups (broad SMARTS) is 1. The zero-order valence-electron chi connectivity index (χ0n) is 12.0. The third-order valence-corrected chi connectivity index (χ3v) is 3.89. The molecule has 0 aromatic carbocycles. The Morgan fingerprint density at radius 3 is 2.75 bits per heavy atom. The standard InChI is InChI=1S/C13H21N3O3S/c1-4-16(7-9(2)12(17)18)13(19)14-6-5-11-15-10(3)8-20-11/h8-9H,4-7H2,1-3H3,(H,14,19)(H,17,18). The fourth-order valence-corrected chi connectivity index (χ4v) is 2.45. The van der Waals surface area contributed by atoms with Gasteiger partial charge in [-0.05, 0) is 13.8 Å². The molecule has 6 nitrogen and oxygen atoms in total. The number of aryl methyl sites for hydroxylation is 1. The van der Waals surface area contributed by atoms with Gasteiger partial charge in [-0.2, -0.15) is 0 Å². The molecule has 1 aromatic rings. The van der Waals surface area contributed by atoms with Crippen LogP contribution in [0.5, 0.6) is 0 Å². The molecule has 1 rings (SSSR count). The van der Waals surface area contributed by atoms with Crippen LogP contribution in [0.15, 0.2) is 5.38 Å². The Morgan fingerprint density at radius 2 is 2.25 bits per heavy atom. The minimum absolute atomic E-state index is 0.216. The van der Waals surface area contributed by atoms with Gasteiger partial charge in [-0.1, -0.05) is 6.92 Å². The SMILES string of the molecule is CCN(CC(C)C(=O)O)C(=O)NCCc1nc(C)cs1. The molecule has 0 fully saturated rings. The largest absolute Gasteiger partial charge is 0.481 e. The number of carbonyl (C=O) groups is 2. The van der Waals surface area contributed by atoms with E-state index in [9.17, 15) is 9.59 Å². The molecule has 0 aliphatic rings. The average molecular weight is 299 g/mol. The highest BCUT2D eigenvalue weighted by Crippen LogP contribution is 2.08. The van der Waals surface area contributed by atoms with Gasteiger partial charge in [0, 0.05) is 37.1 Å². The van der Waals surface area contributed by atoms with E-state index in [0.29, 0.717) is 19.5 Å². The van der Waals surface area contributed by atoms with Gasteiger partial charge >= 0.3 is 12.0 Å². The summed E-state index contributed by atoms with van der Waals surface area (Å²) in [4.78, 5) is 28.6. The van der Waals surface area contributed by atoms with Gasteiger partial charge in [0.2, 0.25) is 0 Å². The van der Waals surface area contributed by atoms with Crippen molar-refractivity contribution in [2.75, 3.05) is 19.6 Å². The van der Waals surface area contributed by atoms with E-state index in [1.54, 1.807) is 18.3 Å². The molecule has 112 valence electrons. The summed E-state index contributed by atoms with van der Waals surface area (Å²) in [5, 5.41) is 14.6. The molecule has 1 atom stereocenters. The number of nitrogens with one attached hydrogen (secondary N) is 1. The molecule has 0 spiro atoms. The lowest BCUT2D eigenvalue weighted by molar-refractivity contribution is -0.141. The Balaban J connectivity index is 2.37.